The van der Waals surface area contributed by atoms with Crippen molar-refractivity contribution in [3.05, 3.63) is 65.5 Å². The first-order valence-corrected chi connectivity index (χ1v) is 6.48. The fourth-order valence-electron chi connectivity index (χ4n) is 2.40. The third-order valence-electron chi connectivity index (χ3n) is 3.41. The van der Waals surface area contributed by atoms with E-state index in [2.05, 4.69) is 4.98 Å². The van der Waals surface area contributed by atoms with Gasteiger partial charge in [-0.1, -0.05) is 30.3 Å². The number of benzene rings is 1. The maximum atomic E-state index is 12.3. The highest BCUT2D eigenvalue weighted by molar-refractivity contribution is 6.01. The standard InChI is InChI=1S/C16H15NO2/c18-16-14-7-2-1-5-12(14)8-9-15(16)19-11-13-6-3-4-10-17-13/h1-7,10,15H,8-9,11H2. The van der Waals surface area contributed by atoms with Crippen molar-refractivity contribution in [3.8, 4) is 0 Å². The molecule has 96 valence electrons. The normalized spacial score (nSPS) is 18.1. The molecule has 3 rings (SSSR count). The SMILES string of the molecule is O=C1c2ccccc2CCC1OCc1ccccn1. The third kappa shape index (κ3) is 2.56. The van der Waals surface area contributed by atoms with Crippen molar-refractivity contribution < 1.29 is 9.53 Å². The molecule has 0 radical (unpaired) electrons. The van der Waals surface area contributed by atoms with Crippen LogP contribution in [-0.4, -0.2) is 16.9 Å². The lowest BCUT2D eigenvalue weighted by Gasteiger charge is -2.23. The lowest BCUT2D eigenvalue weighted by atomic mass is 9.89. The average Bonchev–Trinajstić information content (AvgIpc) is 2.48. The number of Topliss-reactive ketones (excluding diaryl/α,β-unsaturated/α-hetero) is 1. The van der Waals surface area contributed by atoms with Gasteiger partial charge < -0.3 is 4.74 Å². The Balaban J connectivity index is 1.69. The fourth-order valence-corrected chi connectivity index (χ4v) is 2.40. The number of carbonyl (C=O) groups is 1. The maximum absolute atomic E-state index is 12.3. The number of hydrogen-bond acceptors (Lipinski definition) is 3. The summed E-state index contributed by atoms with van der Waals surface area (Å²) in [5.41, 5.74) is 2.79. The summed E-state index contributed by atoms with van der Waals surface area (Å²) in [7, 11) is 0. The smallest absolute Gasteiger partial charge is 0.191 e. The van der Waals surface area contributed by atoms with E-state index in [0.29, 0.717) is 6.61 Å². The largest absolute Gasteiger partial charge is 0.364 e. The van der Waals surface area contributed by atoms with Crippen LogP contribution in [0.1, 0.15) is 28.0 Å². The first-order chi connectivity index (χ1) is 9.34. The molecule has 0 saturated heterocycles. The molecule has 1 aromatic heterocycles. The minimum absolute atomic E-state index is 0.0952. The third-order valence-corrected chi connectivity index (χ3v) is 3.41. The van der Waals surface area contributed by atoms with Crippen molar-refractivity contribution in [1.82, 2.24) is 4.98 Å². The van der Waals surface area contributed by atoms with E-state index < -0.39 is 0 Å². The molecule has 1 aromatic carbocycles. The molecule has 0 saturated carbocycles. The number of carbonyl (C=O) groups excluding carboxylic acids is 1. The monoisotopic (exact) mass is 253 g/mol. The summed E-state index contributed by atoms with van der Waals surface area (Å²) in [4.78, 5) is 16.5. The molecule has 1 atom stereocenters. The van der Waals surface area contributed by atoms with Crippen LogP contribution >= 0.6 is 0 Å². The van der Waals surface area contributed by atoms with Crippen LogP contribution in [0.15, 0.2) is 48.7 Å². The van der Waals surface area contributed by atoms with Gasteiger partial charge in [0.25, 0.3) is 0 Å². The predicted octanol–water partition coefficient (Wildman–Crippen LogP) is 2.80. The quantitative estimate of drug-likeness (QED) is 0.844. The van der Waals surface area contributed by atoms with E-state index in [9.17, 15) is 4.79 Å². The van der Waals surface area contributed by atoms with E-state index in [1.54, 1.807) is 6.20 Å². The van der Waals surface area contributed by atoms with Crippen LogP contribution in [0.25, 0.3) is 0 Å². The number of hydrogen-bond donors (Lipinski definition) is 0. The number of aryl methyl sites for hydroxylation is 1. The summed E-state index contributed by atoms with van der Waals surface area (Å²) >= 11 is 0. The summed E-state index contributed by atoms with van der Waals surface area (Å²) in [6, 6.07) is 13.5. The Morgan fingerprint density at radius 3 is 2.84 bits per heavy atom. The van der Waals surface area contributed by atoms with Gasteiger partial charge in [0, 0.05) is 11.8 Å². The molecule has 0 bridgehead atoms. The van der Waals surface area contributed by atoms with Gasteiger partial charge in [-0.2, -0.15) is 0 Å². The van der Waals surface area contributed by atoms with Gasteiger partial charge in [-0.15, -0.1) is 0 Å². The molecule has 19 heavy (non-hydrogen) atoms. The number of fused-ring (bicyclic) bond motifs is 1. The number of nitrogens with zero attached hydrogens (tertiary/aromatic N) is 1. The summed E-state index contributed by atoms with van der Waals surface area (Å²) in [6.45, 7) is 0.388. The summed E-state index contributed by atoms with van der Waals surface area (Å²) in [5, 5.41) is 0. The van der Waals surface area contributed by atoms with E-state index in [0.717, 1.165) is 29.7 Å². The minimum Gasteiger partial charge on any atom is -0.364 e. The van der Waals surface area contributed by atoms with Gasteiger partial charge in [0.1, 0.15) is 6.10 Å². The Hall–Kier alpha value is -2.00. The second-order valence-corrected chi connectivity index (χ2v) is 4.68. The number of ether oxygens (including phenoxy) is 1. The van der Waals surface area contributed by atoms with Gasteiger partial charge >= 0.3 is 0 Å². The molecule has 2 aromatic rings. The fraction of sp³-hybridized carbons (Fsp3) is 0.250. The first-order valence-electron chi connectivity index (χ1n) is 6.48. The van der Waals surface area contributed by atoms with Crippen molar-refractivity contribution in [1.29, 1.82) is 0 Å². The van der Waals surface area contributed by atoms with E-state index in [4.69, 9.17) is 4.74 Å². The zero-order valence-electron chi connectivity index (χ0n) is 10.6. The van der Waals surface area contributed by atoms with Crippen molar-refractivity contribution >= 4 is 5.78 Å². The maximum Gasteiger partial charge on any atom is 0.191 e. The lowest BCUT2D eigenvalue weighted by Crippen LogP contribution is -2.30. The zero-order chi connectivity index (χ0) is 13.1. The molecule has 0 aliphatic heterocycles. The van der Waals surface area contributed by atoms with E-state index in [1.807, 2.05) is 42.5 Å². The van der Waals surface area contributed by atoms with Crippen LogP contribution in [0, 0.1) is 0 Å². The zero-order valence-corrected chi connectivity index (χ0v) is 10.6. The molecule has 0 spiro atoms. The molecule has 3 nitrogen and oxygen atoms in total. The number of aromatic nitrogens is 1. The Bertz CT molecular complexity index is 580. The highest BCUT2D eigenvalue weighted by Gasteiger charge is 2.27. The van der Waals surface area contributed by atoms with Crippen LogP contribution < -0.4 is 0 Å². The molecule has 0 N–H and O–H groups in total. The average molecular weight is 253 g/mol. The van der Waals surface area contributed by atoms with Crippen molar-refractivity contribution in [2.24, 2.45) is 0 Å². The van der Waals surface area contributed by atoms with Crippen LogP contribution in [-0.2, 0) is 17.8 Å². The van der Waals surface area contributed by atoms with Crippen molar-refractivity contribution in [2.75, 3.05) is 0 Å². The molecule has 1 heterocycles. The molecule has 0 amide bonds. The highest BCUT2D eigenvalue weighted by Crippen LogP contribution is 2.23. The molecule has 3 heteroatoms. The molecular formula is C16H15NO2. The summed E-state index contributed by atoms with van der Waals surface area (Å²) < 4.78 is 5.73. The van der Waals surface area contributed by atoms with Gasteiger partial charge in [0.15, 0.2) is 5.78 Å². The Morgan fingerprint density at radius 1 is 1.16 bits per heavy atom. The minimum atomic E-state index is -0.336. The van der Waals surface area contributed by atoms with Gasteiger partial charge in [-0.05, 0) is 30.5 Å². The van der Waals surface area contributed by atoms with Crippen LogP contribution in [0.2, 0.25) is 0 Å². The van der Waals surface area contributed by atoms with Crippen LogP contribution in [0.3, 0.4) is 0 Å². The molecule has 0 fully saturated rings. The molecule has 1 aliphatic rings. The number of pyridine rings is 1. The van der Waals surface area contributed by atoms with Gasteiger partial charge in [-0.25, -0.2) is 0 Å². The number of ketones is 1. The highest BCUT2D eigenvalue weighted by atomic mass is 16.5. The predicted molar refractivity (Wildman–Crippen MR) is 71.9 cm³/mol. The topological polar surface area (TPSA) is 39.2 Å². The first kappa shape index (κ1) is 12.1. The van der Waals surface area contributed by atoms with Crippen molar-refractivity contribution in [2.45, 2.75) is 25.6 Å². The van der Waals surface area contributed by atoms with E-state index >= 15 is 0 Å². The Labute approximate surface area is 112 Å². The van der Waals surface area contributed by atoms with Crippen LogP contribution in [0.4, 0.5) is 0 Å². The van der Waals surface area contributed by atoms with E-state index in [-0.39, 0.29) is 11.9 Å². The van der Waals surface area contributed by atoms with E-state index in [1.165, 1.54) is 0 Å². The van der Waals surface area contributed by atoms with Gasteiger partial charge in [0.2, 0.25) is 0 Å². The van der Waals surface area contributed by atoms with Gasteiger partial charge in [-0.3, -0.25) is 9.78 Å². The van der Waals surface area contributed by atoms with Crippen LogP contribution in [0.5, 0.6) is 0 Å². The molecular weight excluding hydrogens is 238 g/mol. The molecule has 1 aliphatic carbocycles. The molecule has 1 unspecified atom stereocenters. The van der Waals surface area contributed by atoms with Crippen molar-refractivity contribution in [3.63, 3.8) is 0 Å². The summed E-state index contributed by atoms with van der Waals surface area (Å²) in [5.74, 6) is 0.0952. The Morgan fingerprint density at radius 2 is 2.00 bits per heavy atom. The number of rotatable bonds is 3. The second-order valence-electron chi connectivity index (χ2n) is 4.68. The lowest BCUT2D eigenvalue weighted by molar-refractivity contribution is 0.0274. The second kappa shape index (κ2) is 5.33. The Kier molecular flexibility index (Phi) is 3.38. The summed E-state index contributed by atoms with van der Waals surface area (Å²) in [6.07, 6.45) is 3.05. The van der Waals surface area contributed by atoms with Gasteiger partial charge in [0.05, 0.1) is 12.3 Å².